The van der Waals surface area contributed by atoms with E-state index in [9.17, 15) is 9.90 Å². The summed E-state index contributed by atoms with van der Waals surface area (Å²) in [5.74, 6) is 0.849. The molecule has 0 bridgehead atoms. The molecule has 2 aliphatic rings. The normalized spacial score (nSPS) is 22.3. The number of hydrogen-bond donors (Lipinski definition) is 1. The third-order valence-corrected chi connectivity index (χ3v) is 4.77. The molecule has 0 spiro atoms. The first-order valence-corrected chi connectivity index (χ1v) is 7.18. The molecule has 2 fully saturated rings. The van der Waals surface area contributed by atoms with E-state index in [4.69, 9.17) is 0 Å². The van der Waals surface area contributed by atoms with Gasteiger partial charge < -0.3 is 5.11 Å². The van der Waals surface area contributed by atoms with Crippen molar-refractivity contribution in [3.05, 3.63) is 5.82 Å². The highest BCUT2D eigenvalue weighted by atomic mass is 16.4. The molecule has 0 aliphatic heterocycles. The largest absolute Gasteiger partial charge is 0.481 e. The predicted octanol–water partition coefficient (Wildman–Crippen LogP) is 1.66. The summed E-state index contributed by atoms with van der Waals surface area (Å²) >= 11 is 0. The van der Waals surface area contributed by atoms with Crippen LogP contribution in [0.2, 0.25) is 0 Å². The zero-order valence-electron chi connectivity index (χ0n) is 11.1. The highest BCUT2D eigenvalue weighted by Gasteiger charge is 2.42. The standard InChI is InChI=1S/C13H20N4O2/c18-12(19)13(6-1-2-7-13)9-17-11(14-15-16-17)8-10-4-3-5-10/h10H,1-9H2,(H,18,19). The molecule has 0 unspecified atom stereocenters. The lowest BCUT2D eigenvalue weighted by Crippen LogP contribution is -2.34. The number of rotatable bonds is 5. The zero-order valence-corrected chi connectivity index (χ0v) is 11.1. The Morgan fingerprint density at radius 3 is 2.63 bits per heavy atom. The maximum atomic E-state index is 11.6. The Labute approximate surface area is 112 Å². The number of aliphatic carboxylic acids is 1. The van der Waals surface area contributed by atoms with Gasteiger partial charge in [0, 0.05) is 6.42 Å². The summed E-state index contributed by atoms with van der Waals surface area (Å²) in [6, 6.07) is 0. The van der Waals surface area contributed by atoms with Gasteiger partial charge in [-0.05, 0) is 29.2 Å². The lowest BCUT2D eigenvalue weighted by Gasteiger charge is -2.26. The van der Waals surface area contributed by atoms with Crippen LogP contribution in [-0.4, -0.2) is 31.3 Å². The van der Waals surface area contributed by atoms with Crippen LogP contribution in [0.3, 0.4) is 0 Å². The van der Waals surface area contributed by atoms with E-state index in [0.29, 0.717) is 12.5 Å². The first-order valence-electron chi connectivity index (χ1n) is 7.18. The summed E-state index contributed by atoms with van der Waals surface area (Å²) in [7, 11) is 0. The number of hydrogen-bond acceptors (Lipinski definition) is 4. The van der Waals surface area contributed by atoms with Gasteiger partial charge in [-0.15, -0.1) is 5.10 Å². The van der Waals surface area contributed by atoms with Gasteiger partial charge in [0.2, 0.25) is 0 Å². The Balaban J connectivity index is 1.74. The molecule has 1 aromatic rings. The molecule has 2 aliphatic carbocycles. The molecular formula is C13H20N4O2. The lowest BCUT2D eigenvalue weighted by atomic mass is 9.82. The fourth-order valence-electron chi connectivity index (χ4n) is 3.23. The van der Waals surface area contributed by atoms with Gasteiger partial charge in [0.15, 0.2) is 5.82 Å². The molecule has 0 amide bonds. The van der Waals surface area contributed by atoms with Crippen LogP contribution >= 0.6 is 0 Å². The Morgan fingerprint density at radius 2 is 2.05 bits per heavy atom. The van der Waals surface area contributed by atoms with Crippen molar-refractivity contribution in [2.24, 2.45) is 11.3 Å². The average molecular weight is 264 g/mol. The molecule has 0 aromatic carbocycles. The Morgan fingerprint density at radius 1 is 1.32 bits per heavy atom. The molecule has 6 heteroatoms. The summed E-state index contributed by atoms with van der Waals surface area (Å²) in [5, 5.41) is 21.3. The Hall–Kier alpha value is -1.46. The smallest absolute Gasteiger partial charge is 0.311 e. The van der Waals surface area contributed by atoms with Crippen molar-refractivity contribution in [1.29, 1.82) is 0 Å². The van der Waals surface area contributed by atoms with Crippen molar-refractivity contribution in [2.45, 2.75) is 57.9 Å². The van der Waals surface area contributed by atoms with Gasteiger partial charge in [0.05, 0.1) is 12.0 Å². The highest BCUT2D eigenvalue weighted by molar-refractivity contribution is 5.74. The van der Waals surface area contributed by atoms with E-state index in [2.05, 4.69) is 15.5 Å². The van der Waals surface area contributed by atoms with E-state index in [0.717, 1.165) is 37.9 Å². The molecular weight excluding hydrogens is 244 g/mol. The van der Waals surface area contributed by atoms with Gasteiger partial charge in [0.1, 0.15) is 0 Å². The average Bonchev–Trinajstić information content (AvgIpc) is 2.94. The number of nitrogens with zero attached hydrogens (tertiary/aromatic N) is 4. The summed E-state index contributed by atoms with van der Waals surface area (Å²) < 4.78 is 1.73. The van der Waals surface area contributed by atoms with Gasteiger partial charge in [-0.25, -0.2) is 4.68 Å². The van der Waals surface area contributed by atoms with Crippen LogP contribution in [-0.2, 0) is 17.8 Å². The van der Waals surface area contributed by atoms with Crippen molar-refractivity contribution in [3.63, 3.8) is 0 Å². The number of tetrazole rings is 1. The third kappa shape index (κ3) is 2.35. The molecule has 0 atom stereocenters. The minimum Gasteiger partial charge on any atom is -0.481 e. The van der Waals surface area contributed by atoms with Crippen LogP contribution in [0.4, 0.5) is 0 Å². The molecule has 1 N–H and O–H groups in total. The van der Waals surface area contributed by atoms with Gasteiger partial charge in [-0.3, -0.25) is 4.79 Å². The van der Waals surface area contributed by atoms with Crippen molar-refractivity contribution < 1.29 is 9.90 Å². The fourth-order valence-corrected chi connectivity index (χ4v) is 3.23. The van der Waals surface area contributed by atoms with Crippen LogP contribution in [0.1, 0.15) is 50.8 Å². The lowest BCUT2D eigenvalue weighted by molar-refractivity contribution is -0.149. The summed E-state index contributed by atoms with van der Waals surface area (Å²) in [5.41, 5.74) is -0.649. The molecule has 1 aromatic heterocycles. The van der Waals surface area contributed by atoms with Crippen molar-refractivity contribution in [3.8, 4) is 0 Å². The van der Waals surface area contributed by atoms with Crippen molar-refractivity contribution >= 4 is 5.97 Å². The summed E-state index contributed by atoms with van der Waals surface area (Å²) in [6.07, 6.45) is 8.15. The Bertz CT molecular complexity index is 461. The highest BCUT2D eigenvalue weighted by Crippen LogP contribution is 2.40. The second-order valence-electron chi connectivity index (χ2n) is 6.05. The summed E-state index contributed by atoms with van der Waals surface area (Å²) in [6.45, 7) is 0.428. The van der Waals surface area contributed by atoms with Gasteiger partial charge in [-0.1, -0.05) is 32.1 Å². The van der Waals surface area contributed by atoms with E-state index in [-0.39, 0.29) is 0 Å². The topological polar surface area (TPSA) is 80.9 Å². The quantitative estimate of drug-likeness (QED) is 0.874. The van der Waals surface area contributed by atoms with E-state index in [1.807, 2.05) is 0 Å². The first-order chi connectivity index (χ1) is 9.20. The second-order valence-corrected chi connectivity index (χ2v) is 6.05. The van der Waals surface area contributed by atoms with Gasteiger partial charge >= 0.3 is 5.97 Å². The molecule has 0 saturated heterocycles. The van der Waals surface area contributed by atoms with Crippen molar-refractivity contribution in [2.75, 3.05) is 0 Å². The molecule has 1 heterocycles. The van der Waals surface area contributed by atoms with Crippen molar-refractivity contribution in [1.82, 2.24) is 20.2 Å². The number of carbonyl (C=O) groups is 1. The van der Waals surface area contributed by atoms with Crippen LogP contribution in [0.15, 0.2) is 0 Å². The number of aromatic nitrogens is 4. The number of carboxylic acid groups (broad SMARTS) is 1. The Kier molecular flexibility index (Phi) is 3.24. The van der Waals surface area contributed by atoms with E-state index in [1.54, 1.807) is 4.68 Å². The second kappa shape index (κ2) is 4.90. The minimum absolute atomic E-state index is 0.428. The maximum Gasteiger partial charge on any atom is 0.311 e. The fraction of sp³-hybridized carbons (Fsp3) is 0.846. The van der Waals surface area contributed by atoms with Crippen LogP contribution in [0.25, 0.3) is 0 Å². The zero-order chi connectivity index (χ0) is 13.3. The van der Waals surface area contributed by atoms with Crippen LogP contribution < -0.4 is 0 Å². The minimum atomic E-state index is -0.699. The molecule has 2 saturated carbocycles. The van der Waals surface area contributed by atoms with Crippen LogP contribution in [0.5, 0.6) is 0 Å². The van der Waals surface area contributed by atoms with E-state index in [1.165, 1.54) is 19.3 Å². The summed E-state index contributed by atoms with van der Waals surface area (Å²) in [4.78, 5) is 11.6. The predicted molar refractivity (Wildman–Crippen MR) is 67.4 cm³/mol. The first kappa shape index (κ1) is 12.6. The molecule has 19 heavy (non-hydrogen) atoms. The van der Waals surface area contributed by atoms with Gasteiger partial charge in [-0.2, -0.15) is 0 Å². The molecule has 0 radical (unpaired) electrons. The number of carboxylic acids is 1. The van der Waals surface area contributed by atoms with E-state index < -0.39 is 11.4 Å². The molecule has 6 nitrogen and oxygen atoms in total. The maximum absolute atomic E-state index is 11.6. The molecule has 104 valence electrons. The SMILES string of the molecule is O=C(O)C1(Cn2nnnc2CC2CCC2)CCCC1. The van der Waals surface area contributed by atoms with E-state index >= 15 is 0 Å². The molecule has 3 rings (SSSR count). The monoisotopic (exact) mass is 264 g/mol. The third-order valence-electron chi connectivity index (χ3n) is 4.77. The van der Waals surface area contributed by atoms with Gasteiger partial charge in [0.25, 0.3) is 0 Å². The van der Waals surface area contributed by atoms with Crippen LogP contribution in [0, 0.1) is 11.3 Å².